The number of carbonyl (C=O) groups is 2. The largest absolute Gasteiger partial charge is 0.493 e. The van der Waals surface area contributed by atoms with Crippen molar-refractivity contribution in [1.82, 2.24) is 9.88 Å². The zero-order valence-electron chi connectivity index (χ0n) is 17.8. The van der Waals surface area contributed by atoms with Crippen molar-refractivity contribution in [3.8, 4) is 11.5 Å². The molecule has 0 aliphatic carbocycles. The average Bonchev–Trinajstić information content (AvgIpc) is 3.00. The predicted octanol–water partition coefficient (Wildman–Crippen LogP) is 1.00. The maximum atomic E-state index is 13.1. The number of quaternary nitrogens is 1. The Morgan fingerprint density at radius 3 is 2.41 bits per heavy atom. The van der Waals surface area contributed by atoms with Gasteiger partial charge < -0.3 is 24.6 Å². The van der Waals surface area contributed by atoms with E-state index in [9.17, 15) is 9.59 Å². The maximum Gasteiger partial charge on any atom is 0.254 e. The number of hydrogen-bond donors (Lipinski definition) is 2. The molecule has 0 radical (unpaired) electrons. The Bertz CT molecular complexity index is 847. The number of likely N-dealkylation sites (N-methyl/N-ethyl adjacent to an activating group) is 1. The molecule has 0 aliphatic rings. The van der Waals surface area contributed by atoms with Gasteiger partial charge in [-0.05, 0) is 32.0 Å². The molecule has 0 aliphatic heterocycles. The van der Waals surface area contributed by atoms with Crippen LogP contribution in [0.15, 0.2) is 18.2 Å². The number of hydrogen-bond acceptors (Lipinski definition) is 6. The number of ether oxygens (including phenoxy) is 2. The van der Waals surface area contributed by atoms with Crippen LogP contribution >= 0.6 is 11.3 Å². The lowest BCUT2D eigenvalue weighted by Crippen LogP contribution is -3.06. The van der Waals surface area contributed by atoms with Gasteiger partial charge in [0.05, 0.1) is 47.1 Å². The van der Waals surface area contributed by atoms with Crippen LogP contribution in [0.2, 0.25) is 0 Å². The van der Waals surface area contributed by atoms with Crippen LogP contribution in [-0.2, 0) is 4.79 Å². The summed E-state index contributed by atoms with van der Waals surface area (Å²) in [5, 5.41) is 3.34. The highest BCUT2D eigenvalue weighted by atomic mass is 32.1. The molecule has 2 N–H and O–H groups in total. The molecule has 1 heterocycles. The summed E-state index contributed by atoms with van der Waals surface area (Å²) in [6.07, 6.45) is 0. The third kappa shape index (κ3) is 6.16. The number of methoxy groups -OCH3 is 2. The molecular weight excluding hydrogens is 392 g/mol. The zero-order chi connectivity index (χ0) is 21.6. The van der Waals surface area contributed by atoms with Gasteiger partial charge in [0.15, 0.2) is 16.6 Å². The molecule has 0 unspecified atom stereocenters. The van der Waals surface area contributed by atoms with Crippen LogP contribution in [0.5, 0.6) is 11.5 Å². The zero-order valence-corrected chi connectivity index (χ0v) is 18.6. The number of rotatable bonds is 9. The number of thiazole rings is 1. The Balaban J connectivity index is 2.17. The van der Waals surface area contributed by atoms with E-state index >= 15 is 0 Å². The molecule has 2 rings (SSSR count). The van der Waals surface area contributed by atoms with Gasteiger partial charge in [0.25, 0.3) is 5.91 Å². The highest BCUT2D eigenvalue weighted by Gasteiger charge is 2.22. The Hall–Kier alpha value is -2.65. The first-order chi connectivity index (χ1) is 13.7. The van der Waals surface area contributed by atoms with Crippen molar-refractivity contribution in [3.63, 3.8) is 0 Å². The molecule has 0 saturated carbocycles. The molecule has 158 valence electrons. The van der Waals surface area contributed by atoms with Gasteiger partial charge in [-0.2, -0.15) is 0 Å². The monoisotopic (exact) mass is 421 g/mol. The first-order valence-corrected chi connectivity index (χ1v) is 10.1. The number of amides is 2. The van der Waals surface area contributed by atoms with E-state index < -0.39 is 0 Å². The minimum absolute atomic E-state index is 0.0574. The lowest BCUT2D eigenvalue weighted by atomic mass is 10.1. The van der Waals surface area contributed by atoms with Crippen LogP contribution in [0.4, 0.5) is 5.13 Å². The van der Waals surface area contributed by atoms with E-state index in [4.69, 9.17) is 9.47 Å². The fraction of sp³-hybridized carbons (Fsp3) is 0.450. The van der Waals surface area contributed by atoms with E-state index in [-0.39, 0.29) is 18.4 Å². The van der Waals surface area contributed by atoms with E-state index in [0.29, 0.717) is 35.3 Å². The summed E-state index contributed by atoms with van der Waals surface area (Å²) in [6.45, 7) is 4.95. The molecule has 2 amide bonds. The minimum Gasteiger partial charge on any atom is -0.493 e. The van der Waals surface area contributed by atoms with Crippen molar-refractivity contribution in [2.75, 3.05) is 53.3 Å². The Kier molecular flexibility index (Phi) is 7.98. The maximum absolute atomic E-state index is 13.1. The topological polar surface area (TPSA) is 85.2 Å². The first-order valence-electron chi connectivity index (χ1n) is 9.29. The first kappa shape index (κ1) is 22.6. The Morgan fingerprint density at radius 2 is 1.86 bits per heavy atom. The molecule has 0 bridgehead atoms. The lowest BCUT2D eigenvalue weighted by Gasteiger charge is -2.23. The van der Waals surface area contributed by atoms with Crippen molar-refractivity contribution < 1.29 is 24.0 Å². The quantitative estimate of drug-likeness (QED) is 0.631. The Morgan fingerprint density at radius 1 is 1.17 bits per heavy atom. The van der Waals surface area contributed by atoms with Gasteiger partial charge in [0.2, 0.25) is 5.91 Å². The summed E-state index contributed by atoms with van der Waals surface area (Å²) < 4.78 is 10.5. The third-order valence-corrected chi connectivity index (χ3v) is 5.40. The smallest absolute Gasteiger partial charge is 0.254 e. The van der Waals surface area contributed by atoms with Gasteiger partial charge in [-0.15, -0.1) is 11.3 Å². The number of aryl methyl sites for hydroxylation is 2. The molecular formula is C20H29N4O4S+. The molecule has 8 nitrogen and oxygen atoms in total. The number of anilines is 1. The van der Waals surface area contributed by atoms with E-state index in [1.165, 1.54) is 35.4 Å². The second-order valence-electron chi connectivity index (χ2n) is 6.96. The minimum atomic E-state index is -0.277. The molecule has 1 aromatic carbocycles. The van der Waals surface area contributed by atoms with Gasteiger partial charge in [-0.1, -0.05) is 0 Å². The third-order valence-electron chi connectivity index (χ3n) is 4.41. The van der Waals surface area contributed by atoms with Crippen molar-refractivity contribution in [3.05, 3.63) is 34.3 Å². The van der Waals surface area contributed by atoms with Crippen molar-refractivity contribution in [2.45, 2.75) is 13.8 Å². The van der Waals surface area contributed by atoms with Gasteiger partial charge in [-0.25, -0.2) is 4.98 Å². The molecule has 1 aromatic heterocycles. The number of benzene rings is 1. The fourth-order valence-corrected chi connectivity index (χ4v) is 3.45. The molecule has 0 fully saturated rings. The van der Waals surface area contributed by atoms with Gasteiger partial charge in [0, 0.05) is 10.4 Å². The summed E-state index contributed by atoms with van der Waals surface area (Å²) in [6, 6.07) is 4.98. The standard InChI is InChI=1S/C20H28N4O4S/c1-13-14(2)29-20(21-13)22-18(25)12-24(10-9-23(3)4)19(26)15-7-8-16(27-5)17(11-15)28-6/h7-8,11H,9-10,12H2,1-6H3,(H,21,22,25)/p+1. The number of nitrogens with one attached hydrogen (secondary N) is 2. The van der Waals surface area contributed by atoms with Gasteiger partial charge in [0.1, 0.15) is 6.54 Å². The molecule has 0 spiro atoms. The van der Waals surface area contributed by atoms with Crippen LogP contribution in [0.3, 0.4) is 0 Å². The van der Waals surface area contributed by atoms with Crippen molar-refractivity contribution in [1.29, 1.82) is 0 Å². The predicted molar refractivity (Wildman–Crippen MR) is 113 cm³/mol. The van der Waals surface area contributed by atoms with E-state index in [0.717, 1.165) is 10.6 Å². The van der Waals surface area contributed by atoms with Crippen LogP contribution < -0.4 is 19.7 Å². The van der Waals surface area contributed by atoms with Gasteiger partial charge >= 0.3 is 0 Å². The lowest BCUT2D eigenvalue weighted by molar-refractivity contribution is -0.857. The molecule has 0 atom stereocenters. The summed E-state index contributed by atoms with van der Waals surface area (Å²) in [5.41, 5.74) is 1.32. The van der Waals surface area contributed by atoms with Crippen LogP contribution in [0.1, 0.15) is 20.9 Å². The van der Waals surface area contributed by atoms with Crippen molar-refractivity contribution in [2.24, 2.45) is 0 Å². The summed E-state index contributed by atoms with van der Waals surface area (Å²) in [7, 11) is 7.06. The summed E-state index contributed by atoms with van der Waals surface area (Å²) in [5.74, 6) is 0.491. The Labute approximate surface area is 175 Å². The second-order valence-corrected chi connectivity index (χ2v) is 8.17. The summed E-state index contributed by atoms with van der Waals surface area (Å²) >= 11 is 1.42. The van der Waals surface area contributed by atoms with Crippen LogP contribution in [-0.4, -0.2) is 69.6 Å². The number of carbonyl (C=O) groups excluding carboxylic acids is 2. The number of nitrogens with zero attached hydrogens (tertiary/aromatic N) is 2. The molecule has 9 heteroatoms. The SMILES string of the molecule is COc1ccc(C(=O)N(CC[NH+](C)C)CC(=O)Nc2nc(C)c(C)s2)cc1OC. The molecule has 29 heavy (non-hydrogen) atoms. The van der Waals surface area contributed by atoms with E-state index in [1.807, 2.05) is 27.9 Å². The van der Waals surface area contributed by atoms with E-state index in [1.54, 1.807) is 18.2 Å². The molecule has 0 saturated heterocycles. The highest BCUT2D eigenvalue weighted by Crippen LogP contribution is 2.28. The normalized spacial score (nSPS) is 10.7. The van der Waals surface area contributed by atoms with Crippen LogP contribution in [0.25, 0.3) is 0 Å². The fourth-order valence-electron chi connectivity index (χ4n) is 2.62. The highest BCUT2D eigenvalue weighted by molar-refractivity contribution is 7.15. The van der Waals surface area contributed by atoms with E-state index in [2.05, 4.69) is 10.3 Å². The van der Waals surface area contributed by atoms with Crippen molar-refractivity contribution >= 4 is 28.3 Å². The second kappa shape index (κ2) is 10.2. The number of aromatic nitrogens is 1. The average molecular weight is 422 g/mol. The molecule has 2 aromatic rings. The summed E-state index contributed by atoms with van der Waals surface area (Å²) in [4.78, 5) is 33.8. The van der Waals surface area contributed by atoms with Gasteiger partial charge in [-0.3, -0.25) is 9.59 Å². The van der Waals surface area contributed by atoms with Crippen LogP contribution in [0, 0.1) is 13.8 Å².